The Bertz CT molecular complexity index is 261. The molecule has 0 aliphatic carbocycles. The fourth-order valence-corrected chi connectivity index (χ4v) is 5.43. The third-order valence-electron chi connectivity index (χ3n) is 2.43. The molecule has 0 aromatic carbocycles. The maximum Gasteiger partial charge on any atom is 0.216 e. The monoisotopic (exact) mass is 302 g/mol. The zero-order chi connectivity index (χ0) is 13.7. The van der Waals surface area contributed by atoms with E-state index in [2.05, 4.69) is 20.8 Å². The molecular weight excluding hydrogens is 278 g/mol. The summed E-state index contributed by atoms with van der Waals surface area (Å²) in [7, 11) is 1.17. The molecule has 0 fully saturated rings. The number of alkyl halides is 2. The summed E-state index contributed by atoms with van der Waals surface area (Å²) >= 11 is 11.6. The predicted molar refractivity (Wildman–Crippen MR) is 78.6 cm³/mol. The fraction of sp³-hybridized carbons (Fsp3) is 1.00. The maximum absolute atomic E-state index is 13.1. The largest absolute Gasteiger partial charge is 0.289 e. The van der Waals surface area contributed by atoms with E-state index in [4.69, 9.17) is 23.2 Å². The van der Waals surface area contributed by atoms with E-state index in [1.54, 1.807) is 0 Å². The van der Waals surface area contributed by atoms with Gasteiger partial charge in [-0.1, -0.05) is 20.8 Å². The van der Waals surface area contributed by atoms with E-state index in [1.165, 1.54) is 0 Å². The van der Waals surface area contributed by atoms with E-state index in [0.717, 1.165) is 0 Å². The van der Waals surface area contributed by atoms with E-state index >= 15 is 0 Å². The molecular formula is C11H25Cl2N2OP. The van der Waals surface area contributed by atoms with Crippen LogP contribution in [0, 0.1) is 5.41 Å². The van der Waals surface area contributed by atoms with E-state index in [9.17, 15) is 4.57 Å². The Morgan fingerprint density at radius 3 is 1.71 bits per heavy atom. The van der Waals surface area contributed by atoms with Gasteiger partial charge >= 0.3 is 0 Å². The average Bonchev–Trinajstić information content (AvgIpc) is 2.14. The van der Waals surface area contributed by atoms with Crippen LogP contribution in [0.5, 0.6) is 0 Å². The minimum atomic E-state index is -2.56. The van der Waals surface area contributed by atoms with Crippen LogP contribution in [0.15, 0.2) is 0 Å². The number of halogens is 2. The topological polar surface area (TPSA) is 23.6 Å². The lowest BCUT2D eigenvalue weighted by atomic mass is 10.0. The first-order chi connectivity index (χ1) is 7.67. The number of hydrogen-bond donors (Lipinski definition) is 0. The van der Waals surface area contributed by atoms with Crippen LogP contribution in [0.3, 0.4) is 0 Å². The van der Waals surface area contributed by atoms with Crippen molar-refractivity contribution in [2.24, 2.45) is 5.41 Å². The van der Waals surface area contributed by atoms with Gasteiger partial charge in [-0.05, 0) is 19.5 Å². The molecule has 0 amide bonds. The van der Waals surface area contributed by atoms with Gasteiger partial charge in [0.2, 0.25) is 7.44 Å². The maximum atomic E-state index is 13.1. The molecule has 104 valence electrons. The molecule has 17 heavy (non-hydrogen) atoms. The first kappa shape index (κ1) is 17.7. The van der Waals surface area contributed by atoms with Crippen molar-refractivity contribution in [1.82, 2.24) is 9.34 Å². The van der Waals surface area contributed by atoms with Crippen molar-refractivity contribution < 1.29 is 4.57 Å². The molecule has 0 bridgehead atoms. The van der Waals surface area contributed by atoms with Gasteiger partial charge in [-0.25, -0.2) is 9.34 Å². The summed E-state index contributed by atoms with van der Waals surface area (Å²) in [6.07, 6.45) is 0.640. The van der Waals surface area contributed by atoms with E-state index in [-0.39, 0.29) is 5.41 Å². The van der Waals surface area contributed by atoms with E-state index in [0.29, 0.717) is 31.0 Å². The van der Waals surface area contributed by atoms with Crippen molar-refractivity contribution in [1.29, 1.82) is 0 Å². The van der Waals surface area contributed by atoms with Gasteiger partial charge in [0.15, 0.2) is 0 Å². The van der Waals surface area contributed by atoms with Crippen LogP contribution in [0.1, 0.15) is 20.8 Å². The summed E-state index contributed by atoms with van der Waals surface area (Å²) in [6, 6.07) is 0. The lowest BCUT2D eigenvalue weighted by Gasteiger charge is -2.38. The van der Waals surface area contributed by atoms with Gasteiger partial charge in [-0.2, -0.15) is 0 Å². The SMILES string of the molecule is CN(C)P(=O)(CC(C)(C)C)N(CCCl)CCCl. The van der Waals surface area contributed by atoms with Gasteiger partial charge < -0.3 is 0 Å². The van der Waals surface area contributed by atoms with Gasteiger partial charge in [0.05, 0.1) is 0 Å². The van der Waals surface area contributed by atoms with Crippen LogP contribution >= 0.6 is 30.6 Å². The van der Waals surface area contributed by atoms with Gasteiger partial charge in [0, 0.05) is 31.0 Å². The van der Waals surface area contributed by atoms with Crippen molar-refractivity contribution >= 4 is 30.6 Å². The van der Waals surface area contributed by atoms with Gasteiger partial charge in [-0.15, -0.1) is 23.2 Å². The zero-order valence-electron chi connectivity index (χ0n) is 11.5. The van der Waals surface area contributed by atoms with Gasteiger partial charge in [0.1, 0.15) is 0 Å². The molecule has 1 atom stereocenters. The average molecular weight is 303 g/mol. The Hall–Kier alpha value is 0.730. The molecule has 0 spiro atoms. The normalized spacial score (nSPS) is 16.5. The molecule has 0 saturated heterocycles. The highest BCUT2D eigenvalue weighted by atomic mass is 35.5. The molecule has 1 unspecified atom stereocenters. The molecule has 0 aliphatic rings. The first-order valence-corrected chi connectivity index (χ1v) is 8.68. The summed E-state index contributed by atoms with van der Waals surface area (Å²) in [4.78, 5) is 0. The molecule has 0 N–H and O–H groups in total. The van der Waals surface area contributed by atoms with Crippen molar-refractivity contribution in [2.75, 3.05) is 45.1 Å². The van der Waals surface area contributed by atoms with Gasteiger partial charge in [-0.3, -0.25) is 4.57 Å². The van der Waals surface area contributed by atoms with Crippen molar-refractivity contribution in [3.8, 4) is 0 Å². The third-order valence-corrected chi connectivity index (χ3v) is 6.67. The molecule has 0 rings (SSSR count). The van der Waals surface area contributed by atoms with Crippen LogP contribution < -0.4 is 0 Å². The standard InChI is InChI=1S/C11H25Cl2N2OP/c1-11(2,3)10-17(16,14(4)5)15(8-6-12)9-7-13/h6-10H2,1-5H3. The van der Waals surface area contributed by atoms with Crippen LogP contribution in [-0.4, -0.2) is 54.4 Å². The predicted octanol–water partition coefficient (Wildman–Crippen LogP) is 3.57. The molecule has 0 radical (unpaired) electrons. The minimum absolute atomic E-state index is 0.0106. The smallest absolute Gasteiger partial charge is 0.216 e. The summed E-state index contributed by atoms with van der Waals surface area (Å²) in [5, 5.41) is 0. The number of nitrogens with zero attached hydrogens (tertiary/aromatic N) is 2. The molecule has 0 saturated carbocycles. The number of rotatable bonds is 7. The van der Waals surface area contributed by atoms with Crippen LogP contribution in [0.4, 0.5) is 0 Å². The van der Waals surface area contributed by atoms with Crippen molar-refractivity contribution in [3.63, 3.8) is 0 Å². The highest BCUT2D eigenvalue weighted by Crippen LogP contribution is 2.54. The Morgan fingerprint density at radius 2 is 1.47 bits per heavy atom. The van der Waals surface area contributed by atoms with E-state index in [1.807, 2.05) is 23.4 Å². The Labute approximate surface area is 116 Å². The lowest BCUT2D eigenvalue weighted by molar-refractivity contribution is 0.368. The summed E-state index contributed by atoms with van der Waals surface area (Å²) in [6.45, 7) is 7.52. The van der Waals surface area contributed by atoms with Crippen LogP contribution in [0.2, 0.25) is 0 Å². The zero-order valence-corrected chi connectivity index (χ0v) is 13.9. The van der Waals surface area contributed by atoms with Crippen LogP contribution in [0.25, 0.3) is 0 Å². The highest BCUT2D eigenvalue weighted by molar-refractivity contribution is 7.59. The minimum Gasteiger partial charge on any atom is -0.289 e. The Kier molecular flexibility index (Phi) is 7.67. The highest BCUT2D eigenvalue weighted by Gasteiger charge is 2.36. The molecule has 3 nitrogen and oxygen atoms in total. The summed E-state index contributed by atoms with van der Waals surface area (Å²) in [5.74, 6) is 0.942. The third kappa shape index (κ3) is 5.94. The lowest BCUT2D eigenvalue weighted by Crippen LogP contribution is -2.35. The Balaban J connectivity index is 5.07. The molecule has 0 aromatic heterocycles. The summed E-state index contributed by atoms with van der Waals surface area (Å²) < 4.78 is 16.9. The molecule has 0 aromatic rings. The fourth-order valence-electron chi connectivity index (χ4n) is 1.73. The number of hydrogen-bond acceptors (Lipinski definition) is 1. The second-order valence-electron chi connectivity index (χ2n) is 5.56. The van der Waals surface area contributed by atoms with Crippen molar-refractivity contribution in [3.05, 3.63) is 0 Å². The summed E-state index contributed by atoms with van der Waals surface area (Å²) in [5.41, 5.74) is 0.0106. The van der Waals surface area contributed by atoms with Crippen LogP contribution in [-0.2, 0) is 4.57 Å². The molecule has 6 heteroatoms. The first-order valence-electron chi connectivity index (χ1n) is 5.81. The second kappa shape index (κ2) is 7.35. The second-order valence-corrected chi connectivity index (χ2v) is 9.33. The van der Waals surface area contributed by atoms with E-state index < -0.39 is 7.44 Å². The Morgan fingerprint density at radius 1 is 1.06 bits per heavy atom. The molecule has 0 heterocycles. The van der Waals surface area contributed by atoms with Crippen molar-refractivity contribution in [2.45, 2.75) is 20.8 Å². The van der Waals surface area contributed by atoms with Gasteiger partial charge in [0.25, 0.3) is 0 Å². The quantitative estimate of drug-likeness (QED) is 0.530. The molecule has 0 aliphatic heterocycles.